The number of carbonyl (C=O) groups excluding carboxylic acids is 1. The van der Waals surface area contributed by atoms with Crippen molar-refractivity contribution in [2.75, 3.05) is 19.7 Å². The molecule has 1 fully saturated rings. The zero-order chi connectivity index (χ0) is 18.0. The Morgan fingerprint density at radius 1 is 1.36 bits per heavy atom. The van der Waals surface area contributed by atoms with Crippen molar-refractivity contribution in [2.24, 2.45) is 0 Å². The number of benzene rings is 1. The van der Waals surface area contributed by atoms with Crippen molar-refractivity contribution in [3.63, 3.8) is 0 Å². The number of fused-ring (bicyclic) bond motifs is 1. The summed E-state index contributed by atoms with van der Waals surface area (Å²) in [6.45, 7) is 7.27. The van der Waals surface area contributed by atoms with E-state index in [1.165, 1.54) is 0 Å². The van der Waals surface area contributed by atoms with Crippen molar-refractivity contribution in [1.82, 2.24) is 10.2 Å². The Morgan fingerprint density at radius 2 is 2.12 bits per heavy atom. The third-order valence-corrected chi connectivity index (χ3v) is 5.03. The normalized spacial score (nSPS) is 31.5. The Labute approximate surface area is 157 Å². The summed E-state index contributed by atoms with van der Waals surface area (Å²) in [5, 5.41) is 3.92. The van der Waals surface area contributed by atoms with Gasteiger partial charge in [0.25, 0.3) is 0 Å². The molecule has 2 aliphatic rings. The van der Waals surface area contributed by atoms with Gasteiger partial charge in [-0.05, 0) is 30.7 Å². The molecule has 2 unspecified atom stereocenters. The second-order valence-electron chi connectivity index (χ2n) is 6.17. The molecule has 132 valence electrons. The molecular formula is C19H20Cl2N2O2. The molecule has 1 amide bonds. The molecule has 4 nitrogen and oxygen atoms in total. The van der Waals surface area contributed by atoms with Crippen LogP contribution in [0.15, 0.2) is 59.7 Å². The predicted octanol–water partition coefficient (Wildman–Crippen LogP) is 3.58. The highest BCUT2D eigenvalue weighted by molar-refractivity contribution is 6.32. The number of halogens is 2. The van der Waals surface area contributed by atoms with Crippen molar-refractivity contribution in [1.29, 1.82) is 0 Å². The summed E-state index contributed by atoms with van der Waals surface area (Å²) in [5.41, 5.74) is 0.352. The van der Waals surface area contributed by atoms with Gasteiger partial charge in [-0.1, -0.05) is 54.1 Å². The van der Waals surface area contributed by atoms with Crippen molar-refractivity contribution < 1.29 is 9.53 Å². The molecule has 0 saturated carbocycles. The molecule has 0 radical (unpaired) electrons. The first-order chi connectivity index (χ1) is 11.9. The molecule has 0 aromatic heterocycles. The molecule has 3 rings (SSSR count). The lowest BCUT2D eigenvalue weighted by molar-refractivity contribution is -0.127. The van der Waals surface area contributed by atoms with E-state index in [1.807, 2.05) is 30.0 Å². The number of nitrogens with one attached hydrogen (secondary N) is 1. The van der Waals surface area contributed by atoms with Crippen LogP contribution in [0.4, 0.5) is 0 Å². The minimum absolute atomic E-state index is 0.0136. The third kappa shape index (κ3) is 3.40. The smallest absolute Gasteiger partial charge is 0.234 e. The number of hydrogen-bond acceptors (Lipinski definition) is 3. The molecule has 25 heavy (non-hydrogen) atoms. The largest absolute Gasteiger partial charge is 0.352 e. The van der Waals surface area contributed by atoms with Crippen LogP contribution in [0.1, 0.15) is 12.5 Å². The van der Waals surface area contributed by atoms with Crippen molar-refractivity contribution in [3.05, 3.63) is 70.3 Å². The van der Waals surface area contributed by atoms with Gasteiger partial charge in [0.1, 0.15) is 0 Å². The Kier molecular flexibility index (Phi) is 5.35. The van der Waals surface area contributed by atoms with E-state index in [1.54, 1.807) is 24.3 Å². The molecule has 1 saturated heterocycles. The van der Waals surface area contributed by atoms with Crippen LogP contribution in [0, 0.1) is 0 Å². The van der Waals surface area contributed by atoms with Crippen LogP contribution < -0.4 is 5.32 Å². The van der Waals surface area contributed by atoms with Crippen LogP contribution in [0.3, 0.4) is 0 Å². The molecule has 0 bridgehead atoms. The number of hydrogen-bond donors (Lipinski definition) is 1. The fraction of sp³-hybridized carbons (Fsp3) is 0.316. The summed E-state index contributed by atoms with van der Waals surface area (Å²) in [6, 6.07) is 7.47. The van der Waals surface area contributed by atoms with Crippen LogP contribution in [0.25, 0.3) is 0 Å². The topological polar surface area (TPSA) is 41.6 Å². The Bertz CT molecular complexity index is 760. The highest BCUT2D eigenvalue weighted by Crippen LogP contribution is 2.46. The van der Waals surface area contributed by atoms with Gasteiger partial charge in [-0.3, -0.25) is 9.69 Å². The van der Waals surface area contributed by atoms with Gasteiger partial charge in [-0.2, -0.15) is 0 Å². The van der Waals surface area contributed by atoms with Crippen LogP contribution in [-0.4, -0.2) is 36.5 Å². The molecule has 2 atom stereocenters. The van der Waals surface area contributed by atoms with Gasteiger partial charge in [0.15, 0.2) is 5.72 Å². The van der Waals surface area contributed by atoms with Crippen molar-refractivity contribution in [2.45, 2.75) is 18.7 Å². The summed E-state index contributed by atoms with van der Waals surface area (Å²) in [5.74, 6) is -0.0933. The van der Waals surface area contributed by atoms with Gasteiger partial charge in [0.2, 0.25) is 5.91 Å². The minimum Gasteiger partial charge on any atom is -0.352 e. The summed E-state index contributed by atoms with van der Waals surface area (Å²) in [6.07, 6.45) is 5.30. The average molecular weight is 379 g/mol. The second kappa shape index (κ2) is 7.34. The highest BCUT2D eigenvalue weighted by Gasteiger charge is 2.50. The highest BCUT2D eigenvalue weighted by atomic mass is 35.5. The monoisotopic (exact) mass is 378 g/mol. The van der Waals surface area contributed by atoms with Gasteiger partial charge in [0, 0.05) is 28.2 Å². The third-order valence-electron chi connectivity index (χ3n) is 4.46. The minimum atomic E-state index is -1.03. The SMILES string of the molecule is C=C1/C=C(Cl)\C=C/CNC(=O)CN2C(C)COC12c1ccccc1Cl. The number of allylic oxidation sites excluding steroid dienone is 2. The first-order valence-electron chi connectivity index (χ1n) is 8.10. The maximum absolute atomic E-state index is 12.4. The molecule has 2 aliphatic heterocycles. The molecule has 0 aliphatic carbocycles. The first kappa shape index (κ1) is 18.2. The standard InChI is InChI=1S/C19H20Cl2N2O2/c1-13-10-15(20)6-5-9-22-18(24)11-23-14(2)12-25-19(13,23)16-7-3-4-8-17(16)21/h3-8,10,14H,1,9,11-12H2,2H3,(H,22,24)/b6-5-,15-10+. The van der Waals surface area contributed by atoms with E-state index >= 15 is 0 Å². The number of carbonyl (C=O) groups is 1. The van der Waals surface area contributed by atoms with E-state index in [0.717, 1.165) is 5.56 Å². The van der Waals surface area contributed by atoms with Crippen LogP contribution in [0.5, 0.6) is 0 Å². The zero-order valence-corrected chi connectivity index (χ0v) is 15.5. The van der Waals surface area contributed by atoms with Crippen LogP contribution in [0.2, 0.25) is 5.02 Å². The van der Waals surface area contributed by atoms with Gasteiger partial charge in [0.05, 0.1) is 13.2 Å². The van der Waals surface area contributed by atoms with E-state index in [4.69, 9.17) is 27.9 Å². The molecule has 1 aromatic carbocycles. The maximum atomic E-state index is 12.4. The lowest BCUT2D eigenvalue weighted by Gasteiger charge is -2.40. The van der Waals surface area contributed by atoms with E-state index < -0.39 is 5.72 Å². The van der Waals surface area contributed by atoms with Gasteiger partial charge in [-0.25, -0.2) is 0 Å². The zero-order valence-electron chi connectivity index (χ0n) is 14.0. The summed E-state index contributed by atoms with van der Waals surface area (Å²) in [7, 11) is 0. The number of ether oxygens (including phenoxy) is 1. The fourth-order valence-electron chi connectivity index (χ4n) is 3.28. The first-order valence-corrected chi connectivity index (χ1v) is 8.86. The lowest BCUT2D eigenvalue weighted by atomic mass is 9.92. The maximum Gasteiger partial charge on any atom is 0.234 e. The molecule has 1 N–H and O–H groups in total. The van der Waals surface area contributed by atoms with E-state index in [-0.39, 0.29) is 18.5 Å². The number of rotatable bonds is 1. The quantitative estimate of drug-likeness (QED) is 0.811. The Balaban J connectivity index is 2.19. The van der Waals surface area contributed by atoms with Crippen molar-refractivity contribution in [3.8, 4) is 0 Å². The van der Waals surface area contributed by atoms with E-state index in [2.05, 4.69) is 11.9 Å². The number of nitrogens with zero attached hydrogens (tertiary/aromatic N) is 1. The lowest BCUT2D eigenvalue weighted by Crippen LogP contribution is -2.50. The molecule has 6 heteroatoms. The average Bonchev–Trinajstić information content (AvgIpc) is 2.89. The molecule has 2 heterocycles. The fourth-order valence-corrected chi connectivity index (χ4v) is 3.76. The molecular weight excluding hydrogens is 359 g/mol. The summed E-state index contributed by atoms with van der Waals surface area (Å²) >= 11 is 12.8. The van der Waals surface area contributed by atoms with Crippen LogP contribution >= 0.6 is 23.2 Å². The molecule has 0 spiro atoms. The second-order valence-corrected chi connectivity index (χ2v) is 7.02. The Morgan fingerprint density at radius 3 is 2.88 bits per heavy atom. The molecule has 1 aromatic rings. The van der Waals surface area contributed by atoms with Gasteiger partial charge in [-0.15, -0.1) is 0 Å². The predicted molar refractivity (Wildman–Crippen MR) is 100 cm³/mol. The van der Waals surface area contributed by atoms with Gasteiger partial charge >= 0.3 is 0 Å². The van der Waals surface area contributed by atoms with E-state index in [9.17, 15) is 4.79 Å². The Hall–Kier alpha value is -1.59. The number of amides is 1. The summed E-state index contributed by atoms with van der Waals surface area (Å²) in [4.78, 5) is 14.4. The van der Waals surface area contributed by atoms with E-state index in [0.29, 0.717) is 28.8 Å². The summed E-state index contributed by atoms with van der Waals surface area (Å²) < 4.78 is 6.24. The van der Waals surface area contributed by atoms with Gasteiger partial charge < -0.3 is 10.1 Å². The van der Waals surface area contributed by atoms with Crippen LogP contribution in [-0.2, 0) is 15.3 Å². The van der Waals surface area contributed by atoms with Crippen molar-refractivity contribution >= 4 is 29.1 Å².